The number of carboxylic acids is 1. The van der Waals surface area contributed by atoms with E-state index in [-0.39, 0.29) is 10.6 Å². The molecule has 0 bridgehead atoms. The van der Waals surface area contributed by atoms with Crippen LogP contribution in [0.4, 0.5) is 0 Å². The van der Waals surface area contributed by atoms with Gasteiger partial charge < -0.3 is 5.11 Å². The lowest BCUT2D eigenvalue weighted by atomic mass is 10.1. The summed E-state index contributed by atoms with van der Waals surface area (Å²) in [4.78, 5) is 21.3. The Morgan fingerprint density at radius 2 is 2.00 bits per heavy atom. The molecule has 0 aliphatic carbocycles. The Kier molecular flexibility index (Phi) is 3.88. The highest BCUT2D eigenvalue weighted by Gasteiger charge is 2.12. The van der Waals surface area contributed by atoms with Gasteiger partial charge in [0.25, 0.3) is 0 Å². The van der Waals surface area contributed by atoms with Crippen molar-refractivity contribution in [3.05, 3.63) is 40.4 Å². The highest BCUT2D eigenvalue weighted by Crippen LogP contribution is 2.21. The molecular formula is C10H6Cl2O3. The first-order chi connectivity index (χ1) is 7.02. The van der Waals surface area contributed by atoms with Gasteiger partial charge in [0.15, 0.2) is 0 Å². The van der Waals surface area contributed by atoms with E-state index in [4.69, 9.17) is 28.3 Å². The number of carbonyl (C=O) groups excluding carboxylic acids is 1. The van der Waals surface area contributed by atoms with Gasteiger partial charge in [-0.1, -0.05) is 23.7 Å². The van der Waals surface area contributed by atoms with E-state index in [1.165, 1.54) is 18.2 Å². The molecule has 0 radical (unpaired) electrons. The zero-order chi connectivity index (χ0) is 11.4. The number of allylic oxidation sites excluding steroid dienone is 1. The largest absolute Gasteiger partial charge is 0.478 e. The number of halogens is 2. The number of benzene rings is 1. The second kappa shape index (κ2) is 4.96. The molecule has 78 valence electrons. The lowest BCUT2D eigenvalue weighted by Crippen LogP contribution is -2.00. The summed E-state index contributed by atoms with van der Waals surface area (Å²) < 4.78 is 0. The van der Waals surface area contributed by atoms with E-state index in [2.05, 4.69) is 0 Å². The predicted molar refractivity (Wildman–Crippen MR) is 58.3 cm³/mol. The van der Waals surface area contributed by atoms with Crippen molar-refractivity contribution in [2.24, 2.45) is 0 Å². The SMILES string of the molecule is O=C(Cl)/C=C/c1cccc(Cl)c1C(=O)O. The normalized spacial score (nSPS) is 10.5. The monoisotopic (exact) mass is 244 g/mol. The summed E-state index contributed by atoms with van der Waals surface area (Å²) in [6, 6.07) is 4.59. The Bertz CT molecular complexity index is 438. The Morgan fingerprint density at radius 3 is 2.53 bits per heavy atom. The van der Waals surface area contributed by atoms with E-state index >= 15 is 0 Å². The van der Waals surface area contributed by atoms with Gasteiger partial charge >= 0.3 is 5.97 Å². The van der Waals surface area contributed by atoms with Gasteiger partial charge in [-0.05, 0) is 35.4 Å². The molecule has 0 saturated carbocycles. The third-order valence-electron chi connectivity index (χ3n) is 1.65. The highest BCUT2D eigenvalue weighted by molar-refractivity contribution is 6.66. The fraction of sp³-hybridized carbons (Fsp3) is 0. The average molecular weight is 245 g/mol. The molecule has 0 amide bonds. The maximum Gasteiger partial charge on any atom is 0.337 e. The van der Waals surface area contributed by atoms with Crippen LogP contribution >= 0.6 is 23.2 Å². The minimum Gasteiger partial charge on any atom is -0.478 e. The summed E-state index contributed by atoms with van der Waals surface area (Å²) in [5, 5.41) is 8.32. The van der Waals surface area contributed by atoms with E-state index in [9.17, 15) is 9.59 Å². The number of aromatic carboxylic acids is 1. The molecule has 0 atom stereocenters. The molecule has 15 heavy (non-hydrogen) atoms. The Morgan fingerprint density at radius 1 is 1.33 bits per heavy atom. The molecule has 0 saturated heterocycles. The van der Waals surface area contributed by atoms with Crippen LogP contribution in [0, 0.1) is 0 Å². The molecule has 0 fully saturated rings. The molecule has 0 heterocycles. The quantitative estimate of drug-likeness (QED) is 0.658. The van der Waals surface area contributed by atoms with Crippen LogP contribution in [0.2, 0.25) is 5.02 Å². The van der Waals surface area contributed by atoms with Crippen LogP contribution in [-0.4, -0.2) is 16.3 Å². The first-order valence-electron chi connectivity index (χ1n) is 3.91. The topological polar surface area (TPSA) is 54.4 Å². The van der Waals surface area contributed by atoms with Crippen molar-refractivity contribution < 1.29 is 14.7 Å². The fourth-order valence-corrected chi connectivity index (χ4v) is 1.39. The highest BCUT2D eigenvalue weighted by atomic mass is 35.5. The van der Waals surface area contributed by atoms with Crippen LogP contribution in [0.1, 0.15) is 15.9 Å². The second-order valence-corrected chi connectivity index (χ2v) is 3.43. The Labute approximate surface area is 95.9 Å². The summed E-state index contributed by atoms with van der Waals surface area (Å²) in [6.07, 6.45) is 2.38. The fourth-order valence-electron chi connectivity index (χ4n) is 1.06. The van der Waals surface area contributed by atoms with Gasteiger partial charge in [0, 0.05) is 0 Å². The molecular weight excluding hydrogens is 239 g/mol. The van der Waals surface area contributed by atoms with E-state index in [1.807, 2.05) is 0 Å². The second-order valence-electron chi connectivity index (χ2n) is 2.65. The number of rotatable bonds is 3. The van der Waals surface area contributed by atoms with Crippen molar-refractivity contribution in [1.29, 1.82) is 0 Å². The Balaban J connectivity index is 3.23. The lowest BCUT2D eigenvalue weighted by molar-refractivity contribution is -0.107. The van der Waals surface area contributed by atoms with Gasteiger partial charge in [0.1, 0.15) is 0 Å². The lowest BCUT2D eigenvalue weighted by Gasteiger charge is -2.02. The van der Waals surface area contributed by atoms with Gasteiger partial charge in [0.2, 0.25) is 5.24 Å². The minimum absolute atomic E-state index is 0.0478. The third kappa shape index (κ3) is 3.08. The molecule has 3 nitrogen and oxygen atoms in total. The van der Waals surface area contributed by atoms with Gasteiger partial charge in [-0.15, -0.1) is 0 Å². The summed E-state index contributed by atoms with van der Waals surface area (Å²) in [5.41, 5.74) is 0.289. The van der Waals surface area contributed by atoms with E-state index < -0.39 is 11.2 Å². The van der Waals surface area contributed by atoms with Gasteiger partial charge in [-0.25, -0.2) is 4.79 Å². The maximum absolute atomic E-state index is 10.9. The van der Waals surface area contributed by atoms with Gasteiger partial charge in [0.05, 0.1) is 10.6 Å². The van der Waals surface area contributed by atoms with Crippen molar-refractivity contribution in [3.63, 3.8) is 0 Å². The molecule has 1 rings (SSSR count). The van der Waals surface area contributed by atoms with Crippen LogP contribution in [-0.2, 0) is 4.79 Å². The summed E-state index contributed by atoms with van der Waals surface area (Å²) in [5.74, 6) is -1.15. The third-order valence-corrected chi connectivity index (χ3v) is 2.09. The Hall–Kier alpha value is -1.32. The molecule has 0 aromatic heterocycles. The standard InChI is InChI=1S/C10H6Cl2O3/c11-7-3-1-2-6(4-5-8(12)13)9(7)10(14)15/h1-5H,(H,14,15)/b5-4+. The van der Waals surface area contributed by atoms with Crippen LogP contribution < -0.4 is 0 Å². The van der Waals surface area contributed by atoms with E-state index in [0.29, 0.717) is 5.56 Å². The van der Waals surface area contributed by atoms with Gasteiger partial charge in [-0.3, -0.25) is 4.79 Å². The smallest absolute Gasteiger partial charge is 0.337 e. The molecule has 0 spiro atoms. The van der Waals surface area contributed by atoms with Crippen LogP contribution in [0.3, 0.4) is 0 Å². The van der Waals surface area contributed by atoms with Crippen molar-refractivity contribution in [1.82, 2.24) is 0 Å². The van der Waals surface area contributed by atoms with Crippen molar-refractivity contribution in [2.75, 3.05) is 0 Å². The van der Waals surface area contributed by atoms with Gasteiger partial charge in [-0.2, -0.15) is 0 Å². The summed E-state index contributed by atoms with van der Waals surface area (Å²) >= 11 is 10.8. The number of hydrogen-bond donors (Lipinski definition) is 1. The molecule has 0 aliphatic rings. The molecule has 0 unspecified atom stereocenters. The zero-order valence-electron chi connectivity index (χ0n) is 7.41. The molecule has 1 N–H and O–H groups in total. The van der Waals surface area contributed by atoms with E-state index in [0.717, 1.165) is 6.08 Å². The van der Waals surface area contributed by atoms with Crippen LogP contribution in [0.15, 0.2) is 24.3 Å². The van der Waals surface area contributed by atoms with Crippen LogP contribution in [0.25, 0.3) is 6.08 Å². The number of carbonyl (C=O) groups is 2. The van der Waals surface area contributed by atoms with Crippen molar-refractivity contribution in [3.8, 4) is 0 Å². The summed E-state index contributed by atoms with van der Waals surface area (Å²) in [6.45, 7) is 0. The van der Waals surface area contributed by atoms with Crippen molar-refractivity contribution in [2.45, 2.75) is 0 Å². The predicted octanol–water partition coefficient (Wildman–Crippen LogP) is 2.82. The minimum atomic E-state index is -1.15. The maximum atomic E-state index is 10.9. The van der Waals surface area contributed by atoms with E-state index in [1.54, 1.807) is 6.07 Å². The number of hydrogen-bond acceptors (Lipinski definition) is 2. The zero-order valence-corrected chi connectivity index (χ0v) is 8.92. The van der Waals surface area contributed by atoms with Crippen LogP contribution in [0.5, 0.6) is 0 Å². The molecule has 1 aromatic carbocycles. The molecule has 0 aliphatic heterocycles. The first-order valence-corrected chi connectivity index (χ1v) is 4.67. The summed E-state index contributed by atoms with van der Waals surface area (Å²) in [7, 11) is 0. The van der Waals surface area contributed by atoms with Crippen molar-refractivity contribution >= 4 is 40.5 Å². The first kappa shape index (κ1) is 11.8. The molecule has 1 aromatic rings. The average Bonchev–Trinajstić information content (AvgIpc) is 2.13. The molecule has 5 heteroatoms. The number of carboxylic acid groups (broad SMARTS) is 1.